The van der Waals surface area contributed by atoms with Gasteiger partial charge in [0.2, 0.25) is 0 Å². The molecule has 0 saturated carbocycles. The quantitative estimate of drug-likeness (QED) is 0.744. The van der Waals surface area contributed by atoms with E-state index in [2.05, 4.69) is 70.7 Å². The molecule has 1 N–H and O–H groups in total. The summed E-state index contributed by atoms with van der Waals surface area (Å²) >= 11 is 0. The van der Waals surface area contributed by atoms with Crippen molar-refractivity contribution in [3.8, 4) is 0 Å². The molecule has 2 aromatic carbocycles. The summed E-state index contributed by atoms with van der Waals surface area (Å²) in [6.07, 6.45) is 5.06. The van der Waals surface area contributed by atoms with Gasteiger partial charge in [-0.25, -0.2) is 0 Å². The van der Waals surface area contributed by atoms with Crippen molar-refractivity contribution >= 4 is 10.9 Å². The Bertz CT molecular complexity index is 788. The van der Waals surface area contributed by atoms with Crippen LogP contribution in [0.2, 0.25) is 0 Å². The lowest BCUT2D eigenvalue weighted by atomic mass is 10.1. The number of fused-ring (bicyclic) bond motifs is 1. The van der Waals surface area contributed by atoms with Gasteiger partial charge < -0.3 is 14.6 Å². The van der Waals surface area contributed by atoms with Crippen molar-refractivity contribution in [3.05, 3.63) is 71.9 Å². The van der Waals surface area contributed by atoms with Crippen LogP contribution in [-0.4, -0.2) is 23.8 Å². The van der Waals surface area contributed by atoms with Crippen molar-refractivity contribution in [2.24, 2.45) is 0 Å². The van der Waals surface area contributed by atoms with Crippen molar-refractivity contribution < 1.29 is 4.74 Å². The lowest BCUT2D eigenvalue weighted by molar-refractivity contribution is 0.110. The maximum atomic E-state index is 5.69. The molecule has 24 heavy (non-hydrogen) atoms. The van der Waals surface area contributed by atoms with Crippen LogP contribution < -0.4 is 5.32 Å². The second-order valence-electron chi connectivity index (χ2n) is 6.55. The fourth-order valence-corrected chi connectivity index (χ4v) is 3.55. The first kappa shape index (κ1) is 15.4. The maximum Gasteiger partial charge on any atom is 0.0700 e. The number of nitrogens with zero attached hydrogens (tertiary/aromatic N) is 1. The molecule has 3 heteroatoms. The fraction of sp³-hybridized carbons (Fsp3) is 0.333. The van der Waals surface area contributed by atoms with Crippen molar-refractivity contribution in [1.82, 2.24) is 9.88 Å². The van der Waals surface area contributed by atoms with Crippen molar-refractivity contribution in [2.45, 2.75) is 32.0 Å². The van der Waals surface area contributed by atoms with E-state index in [4.69, 9.17) is 4.74 Å². The van der Waals surface area contributed by atoms with Gasteiger partial charge in [-0.05, 0) is 30.0 Å². The first-order valence-electron chi connectivity index (χ1n) is 8.83. The van der Waals surface area contributed by atoms with Gasteiger partial charge in [0.05, 0.1) is 6.10 Å². The molecule has 0 amide bonds. The molecule has 4 rings (SSSR count). The Morgan fingerprint density at radius 1 is 1.04 bits per heavy atom. The number of rotatable bonds is 6. The Balaban J connectivity index is 1.52. The molecule has 0 radical (unpaired) electrons. The Hall–Kier alpha value is -2.10. The van der Waals surface area contributed by atoms with Crippen LogP contribution in [-0.2, 0) is 17.8 Å². The lowest BCUT2D eigenvalue weighted by Crippen LogP contribution is -2.25. The molecule has 2 heterocycles. The van der Waals surface area contributed by atoms with E-state index in [1.807, 2.05) is 0 Å². The first-order valence-corrected chi connectivity index (χ1v) is 8.83. The molecule has 1 aromatic heterocycles. The minimum atomic E-state index is 0.391. The van der Waals surface area contributed by atoms with Crippen LogP contribution in [0.5, 0.6) is 0 Å². The smallest absolute Gasteiger partial charge is 0.0700 e. The van der Waals surface area contributed by atoms with Crippen LogP contribution >= 0.6 is 0 Å². The van der Waals surface area contributed by atoms with Crippen molar-refractivity contribution in [1.29, 1.82) is 0 Å². The molecule has 1 fully saturated rings. The summed E-state index contributed by atoms with van der Waals surface area (Å²) < 4.78 is 8.05. The molecular weight excluding hydrogens is 296 g/mol. The zero-order chi connectivity index (χ0) is 16.2. The monoisotopic (exact) mass is 320 g/mol. The van der Waals surface area contributed by atoms with Crippen LogP contribution in [0.15, 0.2) is 60.8 Å². The predicted molar refractivity (Wildman–Crippen MR) is 98.2 cm³/mol. The molecule has 1 saturated heterocycles. The Labute approximate surface area is 143 Å². The zero-order valence-corrected chi connectivity index (χ0v) is 13.9. The van der Waals surface area contributed by atoms with Gasteiger partial charge in [-0.1, -0.05) is 48.5 Å². The van der Waals surface area contributed by atoms with Crippen molar-refractivity contribution in [2.75, 3.05) is 13.2 Å². The molecule has 1 aliphatic heterocycles. The van der Waals surface area contributed by atoms with Crippen LogP contribution in [0, 0.1) is 0 Å². The van der Waals surface area contributed by atoms with Gasteiger partial charge in [0, 0.05) is 43.3 Å². The minimum Gasteiger partial charge on any atom is -0.377 e. The maximum absolute atomic E-state index is 5.69. The van der Waals surface area contributed by atoms with Gasteiger partial charge in [0.1, 0.15) is 0 Å². The van der Waals surface area contributed by atoms with Gasteiger partial charge in [0.15, 0.2) is 0 Å². The molecule has 0 aliphatic carbocycles. The van der Waals surface area contributed by atoms with Gasteiger partial charge in [-0.15, -0.1) is 0 Å². The molecule has 1 atom stereocenters. The van der Waals surface area contributed by atoms with Crippen LogP contribution in [0.3, 0.4) is 0 Å². The van der Waals surface area contributed by atoms with E-state index in [1.165, 1.54) is 34.9 Å². The number of ether oxygens (including phenoxy) is 1. The molecule has 124 valence electrons. The second-order valence-corrected chi connectivity index (χ2v) is 6.55. The van der Waals surface area contributed by atoms with Gasteiger partial charge in [-0.2, -0.15) is 0 Å². The SMILES string of the molecule is c1ccc(Cn2cc(CNC[C@H]3CCCO3)c3ccccc32)cc1. The highest BCUT2D eigenvalue weighted by molar-refractivity contribution is 5.84. The lowest BCUT2D eigenvalue weighted by Gasteiger charge is -2.10. The summed E-state index contributed by atoms with van der Waals surface area (Å²) in [6.45, 7) is 3.66. The summed E-state index contributed by atoms with van der Waals surface area (Å²) in [5.41, 5.74) is 3.99. The summed E-state index contributed by atoms with van der Waals surface area (Å²) in [4.78, 5) is 0. The van der Waals surface area contributed by atoms with Gasteiger partial charge in [-0.3, -0.25) is 0 Å². The summed E-state index contributed by atoms with van der Waals surface area (Å²) in [5, 5.41) is 4.92. The zero-order valence-electron chi connectivity index (χ0n) is 13.9. The minimum absolute atomic E-state index is 0.391. The van der Waals surface area contributed by atoms with E-state index >= 15 is 0 Å². The number of nitrogens with one attached hydrogen (secondary N) is 1. The van der Waals surface area contributed by atoms with Crippen LogP contribution in [0.4, 0.5) is 0 Å². The average Bonchev–Trinajstić information content (AvgIpc) is 3.25. The van der Waals surface area contributed by atoms with E-state index in [1.54, 1.807) is 0 Å². The molecule has 0 unspecified atom stereocenters. The normalized spacial score (nSPS) is 17.6. The number of hydrogen-bond donors (Lipinski definition) is 1. The molecule has 1 aliphatic rings. The third kappa shape index (κ3) is 3.37. The van der Waals surface area contributed by atoms with E-state index in [-0.39, 0.29) is 0 Å². The number of hydrogen-bond acceptors (Lipinski definition) is 2. The van der Waals surface area contributed by atoms with Gasteiger partial charge >= 0.3 is 0 Å². The fourth-order valence-electron chi connectivity index (χ4n) is 3.55. The largest absolute Gasteiger partial charge is 0.377 e. The predicted octanol–water partition coefficient (Wildman–Crippen LogP) is 3.96. The second kappa shape index (κ2) is 7.20. The number of para-hydroxylation sites is 1. The van der Waals surface area contributed by atoms with Crippen molar-refractivity contribution in [3.63, 3.8) is 0 Å². The summed E-state index contributed by atoms with van der Waals surface area (Å²) in [5.74, 6) is 0. The highest BCUT2D eigenvalue weighted by atomic mass is 16.5. The van der Waals surface area contributed by atoms with E-state index in [9.17, 15) is 0 Å². The summed E-state index contributed by atoms with van der Waals surface area (Å²) in [7, 11) is 0. The van der Waals surface area contributed by atoms with E-state index in [0.717, 1.165) is 26.2 Å². The molecule has 0 bridgehead atoms. The molecule has 3 nitrogen and oxygen atoms in total. The van der Waals surface area contributed by atoms with E-state index < -0.39 is 0 Å². The summed E-state index contributed by atoms with van der Waals surface area (Å²) in [6, 6.07) is 19.3. The molecule has 3 aromatic rings. The molecule has 0 spiro atoms. The first-order chi connectivity index (χ1) is 11.9. The Morgan fingerprint density at radius 3 is 2.71 bits per heavy atom. The third-order valence-corrected chi connectivity index (χ3v) is 4.78. The average molecular weight is 320 g/mol. The Morgan fingerprint density at radius 2 is 1.88 bits per heavy atom. The van der Waals surface area contributed by atoms with Crippen LogP contribution in [0.25, 0.3) is 10.9 Å². The highest BCUT2D eigenvalue weighted by Gasteiger charge is 2.15. The van der Waals surface area contributed by atoms with E-state index in [0.29, 0.717) is 6.10 Å². The van der Waals surface area contributed by atoms with Crippen LogP contribution in [0.1, 0.15) is 24.0 Å². The topological polar surface area (TPSA) is 26.2 Å². The molecular formula is C21H24N2O. The standard InChI is InChI=1S/C21H24N2O/c1-2-7-17(8-3-1)15-23-16-18(20-10-4-5-11-21(20)23)13-22-14-19-9-6-12-24-19/h1-5,7-8,10-11,16,19,22H,6,9,12-15H2/t19-/m1/s1. The van der Waals surface area contributed by atoms with Gasteiger partial charge in [0.25, 0.3) is 0 Å². The third-order valence-electron chi connectivity index (χ3n) is 4.78. The number of benzene rings is 2. The Kier molecular flexibility index (Phi) is 4.63. The highest BCUT2D eigenvalue weighted by Crippen LogP contribution is 2.22. The number of aromatic nitrogens is 1.